The maximum absolute atomic E-state index is 12.5. The number of allylic oxidation sites excluding steroid dienone is 2. The van der Waals surface area contributed by atoms with E-state index < -0.39 is 0 Å². The van der Waals surface area contributed by atoms with Crippen LogP contribution in [-0.4, -0.2) is 17.2 Å². The minimum atomic E-state index is -0.335. The topological polar surface area (TPSA) is 46.5 Å². The van der Waals surface area contributed by atoms with Gasteiger partial charge in [0.25, 0.3) is 0 Å². The van der Waals surface area contributed by atoms with Gasteiger partial charge in [-0.2, -0.15) is 6.42 Å². The van der Waals surface area contributed by atoms with Gasteiger partial charge in [0.05, 0.1) is 12.0 Å². The number of aliphatic hydroxyl groups excluding tert-OH is 1. The number of carbonyl (C=O) groups is 1. The van der Waals surface area contributed by atoms with Crippen LogP contribution in [0.3, 0.4) is 0 Å². The Morgan fingerprint density at radius 2 is 2.00 bits per heavy atom. The molecule has 0 spiro atoms. The first kappa shape index (κ1) is 17.1. The predicted octanol–water partition coefficient (Wildman–Crippen LogP) is 3.38. The molecule has 4 aliphatic rings. The van der Waals surface area contributed by atoms with Crippen molar-refractivity contribution in [2.75, 3.05) is 0 Å². The molecule has 3 nitrogen and oxygen atoms in total. The smallest absolute Gasteiger partial charge is 0.314 e. The van der Waals surface area contributed by atoms with Crippen LogP contribution in [-0.2, 0) is 42.2 Å². The zero-order valence-corrected chi connectivity index (χ0v) is 16.4. The maximum Gasteiger partial charge on any atom is 0.314 e. The summed E-state index contributed by atoms with van der Waals surface area (Å²) in [5.74, 6) is 1.18. The van der Waals surface area contributed by atoms with Crippen molar-refractivity contribution in [2.45, 2.75) is 64.9 Å². The minimum Gasteiger partial charge on any atom is -0.431 e. The van der Waals surface area contributed by atoms with Crippen molar-refractivity contribution in [3.8, 4) is 0 Å². The largest absolute Gasteiger partial charge is 0.431 e. The molecule has 0 aromatic rings. The van der Waals surface area contributed by atoms with Gasteiger partial charge in [0, 0.05) is 38.6 Å². The van der Waals surface area contributed by atoms with Crippen LogP contribution in [0.5, 0.6) is 0 Å². The van der Waals surface area contributed by atoms with E-state index >= 15 is 0 Å². The van der Waals surface area contributed by atoms with Crippen LogP contribution in [0.4, 0.5) is 0 Å². The zero-order valence-electron chi connectivity index (χ0n) is 13.6. The van der Waals surface area contributed by atoms with Crippen molar-refractivity contribution < 1.29 is 47.3 Å². The van der Waals surface area contributed by atoms with Gasteiger partial charge in [0.1, 0.15) is 5.76 Å². The van der Waals surface area contributed by atoms with E-state index in [0.29, 0.717) is 12.3 Å². The number of aliphatic hydroxyl groups is 1. The third kappa shape index (κ3) is 2.30. The summed E-state index contributed by atoms with van der Waals surface area (Å²) in [6, 6.07) is 0. The molecule has 0 aromatic carbocycles. The van der Waals surface area contributed by atoms with Crippen LogP contribution in [0.1, 0.15) is 58.8 Å². The zero-order chi connectivity index (χ0) is 14.8. The first-order chi connectivity index (χ1) is 9.94. The van der Waals surface area contributed by atoms with Gasteiger partial charge in [-0.3, -0.25) is 4.79 Å². The van der Waals surface area contributed by atoms with E-state index in [9.17, 15) is 9.90 Å². The Balaban J connectivity index is 0.00000144. The van der Waals surface area contributed by atoms with Gasteiger partial charge in [0.2, 0.25) is 0 Å². The molecular weight excluding hydrogens is 353 g/mol. The second kappa shape index (κ2) is 5.67. The summed E-state index contributed by atoms with van der Waals surface area (Å²) in [5, 5.41) is 9.94. The predicted molar refractivity (Wildman–Crippen MR) is 78.9 cm³/mol. The van der Waals surface area contributed by atoms with Gasteiger partial charge in [-0.05, 0) is 31.1 Å². The van der Waals surface area contributed by atoms with E-state index in [1.54, 1.807) is 0 Å². The van der Waals surface area contributed by atoms with Crippen molar-refractivity contribution >= 4 is 5.97 Å². The van der Waals surface area contributed by atoms with Crippen LogP contribution in [0.2, 0.25) is 0 Å². The van der Waals surface area contributed by atoms with E-state index in [1.165, 1.54) is 12.0 Å². The summed E-state index contributed by atoms with van der Waals surface area (Å²) in [6.07, 6.45) is 8.88. The maximum atomic E-state index is 12.5. The Morgan fingerprint density at radius 1 is 1.23 bits per heavy atom. The average molecular weight is 378 g/mol. The summed E-state index contributed by atoms with van der Waals surface area (Å²) in [5.41, 5.74) is 1.53. The number of hydrogen-bond donors (Lipinski definition) is 1. The molecule has 3 aliphatic carbocycles. The Labute approximate surface area is 158 Å². The van der Waals surface area contributed by atoms with E-state index in [4.69, 9.17) is 4.74 Å². The second-order valence-electron chi connectivity index (χ2n) is 8.00. The fraction of sp³-hybridized carbons (Fsp3) is 0.778. The van der Waals surface area contributed by atoms with Crippen molar-refractivity contribution in [2.24, 2.45) is 22.7 Å². The molecule has 1 N–H and O–H groups in total. The quantitative estimate of drug-likeness (QED) is 0.519. The SMILES string of the molecule is CC12[CH-]CCC1=C1OC(=O)C3CC(O)CCC3(C)C1CC2.[Y]. The summed E-state index contributed by atoms with van der Waals surface area (Å²) >= 11 is 0. The number of fused-ring (bicyclic) bond motifs is 4. The van der Waals surface area contributed by atoms with Crippen molar-refractivity contribution in [1.82, 2.24) is 0 Å². The fourth-order valence-electron chi connectivity index (χ4n) is 5.42. The Bertz CT molecular complexity index is 528. The van der Waals surface area contributed by atoms with Crippen LogP contribution in [0, 0.1) is 29.1 Å². The number of ether oxygens (including phenoxy) is 1. The van der Waals surface area contributed by atoms with E-state index in [2.05, 4.69) is 20.3 Å². The first-order valence-corrected chi connectivity index (χ1v) is 8.42. The monoisotopic (exact) mass is 378 g/mol. The normalized spacial score (nSPS) is 47.0. The van der Waals surface area contributed by atoms with Gasteiger partial charge in [-0.25, -0.2) is 0 Å². The molecule has 4 rings (SSSR count). The second-order valence-corrected chi connectivity index (χ2v) is 8.00. The molecule has 1 aliphatic heterocycles. The number of carbonyl (C=O) groups excluding carboxylic acids is 1. The molecule has 1 saturated heterocycles. The van der Waals surface area contributed by atoms with Crippen LogP contribution >= 0.6 is 0 Å². The van der Waals surface area contributed by atoms with Crippen molar-refractivity contribution in [3.63, 3.8) is 0 Å². The van der Waals surface area contributed by atoms with Crippen LogP contribution in [0.25, 0.3) is 0 Å². The summed E-state index contributed by atoms with van der Waals surface area (Å²) in [6.45, 7) is 4.56. The van der Waals surface area contributed by atoms with E-state index in [0.717, 1.165) is 37.9 Å². The van der Waals surface area contributed by atoms with Gasteiger partial charge in [0.15, 0.2) is 0 Å². The summed E-state index contributed by atoms with van der Waals surface area (Å²) < 4.78 is 5.86. The molecular formula is C18H25O3Y-. The van der Waals surface area contributed by atoms with Gasteiger partial charge < -0.3 is 16.3 Å². The van der Waals surface area contributed by atoms with E-state index in [1.807, 2.05) is 0 Å². The molecule has 3 fully saturated rings. The minimum absolute atomic E-state index is 0. The summed E-state index contributed by atoms with van der Waals surface area (Å²) in [4.78, 5) is 12.5. The molecule has 2 saturated carbocycles. The molecule has 0 bridgehead atoms. The molecule has 119 valence electrons. The Hall–Kier alpha value is 0.274. The number of esters is 1. The van der Waals surface area contributed by atoms with Gasteiger partial charge in [-0.1, -0.05) is 32.3 Å². The summed E-state index contributed by atoms with van der Waals surface area (Å²) in [7, 11) is 0. The average Bonchev–Trinajstić information content (AvgIpc) is 2.83. The Morgan fingerprint density at radius 3 is 2.77 bits per heavy atom. The van der Waals surface area contributed by atoms with Gasteiger partial charge in [-0.15, -0.1) is 5.41 Å². The molecule has 0 aromatic heterocycles. The molecule has 4 heteroatoms. The molecule has 5 unspecified atom stereocenters. The molecule has 5 atom stereocenters. The van der Waals surface area contributed by atoms with Crippen LogP contribution < -0.4 is 0 Å². The molecule has 1 radical (unpaired) electrons. The molecule has 0 amide bonds. The van der Waals surface area contributed by atoms with Crippen molar-refractivity contribution in [1.29, 1.82) is 0 Å². The molecule has 22 heavy (non-hydrogen) atoms. The fourth-order valence-corrected chi connectivity index (χ4v) is 5.42. The number of hydrogen-bond acceptors (Lipinski definition) is 3. The number of rotatable bonds is 0. The first-order valence-electron chi connectivity index (χ1n) is 8.42. The third-order valence-corrected chi connectivity index (χ3v) is 6.86. The van der Waals surface area contributed by atoms with E-state index in [-0.39, 0.29) is 61.5 Å². The Kier molecular flexibility index (Phi) is 4.41. The van der Waals surface area contributed by atoms with Crippen molar-refractivity contribution in [3.05, 3.63) is 17.8 Å². The molecule has 1 heterocycles. The van der Waals surface area contributed by atoms with Gasteiger partial charge >= 0.3 is 5.97 Å². The third-order valence-electron chi connectivity index (χ3n) is 6.86. The standard InChI is InChI=1S/C18H25O3.Y/c1-17-7-3-4-12(17)15-13(6-8-17)18(2)9-5-11(19)10-14(18)16(20)21-15;/h7,11,13-14,19H,3-6,8-10H2,1-2H3;/q-1;. The van der Waals surface area contributed by atoms with Crippen LogP contribution in [0.15, 0.2) is 11.3 Å².